The molecule has 1 aromatic carbocycles. The number of aldehydes is 1. The van der Waals surface area contributed by atoms with Gasteiger partial charge in [0.1, 0.15) is 5.37 Å². The number of benzene rings is 1. The molecule has 4 nitrogen and oxygen atoms in total. The lowest BCUT2D eigenvalue weighted by Crippen LogP contribution is -2.48. The highest BCUT2D eigenvalue weighted by molar-refractivity contribution is 9.10. The second kappa shape index (κ2) is 6.49. The molecular weight excluding hydrogens is 362 g/mol. The fourth-order valence-electron chi connectivity index (χ4n) is 2.16. The van der Waals surface area contributed by atoms with Gasteiger partial charge in [-0.3, -0.25) is 4.79 Å². The molecule has 0 aliphatic carbocycles. The van der Waals surface area contributed by atoms with Crippen LogP contribution in [0, 0.1) is 0 Å². The van der Waals surface area contributed by atoms with Gasteiger partial charge in [0.15, 0.2) is 16.1 Å². The van der Waals surface area contributed by atoms with Crippen molar-refractivity contribution >= 4 is 49.5 Å². The highest BCUT2D eigenvalue weighted by atomic mass is 79.9. The molecule has 0 spiro atoms. The number of anilines is 1. The first-order chi connectivity index (χ1) is 9.49. The molecule has 0 radical (unpaired) electrons. The van der Waals surface area contributed by atoms with Gasteiger partial charge < -0.3 is 4.90 Å². The lowest BCUT2D eigenvalue weighted by molar-refractivity contribution is 0.112. The number of rotatable bonds is 4. The summed E-state index contributed by atoms with van der Waals surface area (Å²) in [5.41, 5.74) is 1.40. The van der Waals surface area contributed by atoms with Crippen LogP contribution in [0.4, 0.5) is 5.69 Å². The van der Waals surface area contributed by atoms with Gasteiger partial charge in [0.25, 0.3) is 0 Å². The summed E-state index contributed by atoms with van der Waals surface area (Å²) in [6.07, 6.45) is 0.778. The van der Waals surface area contributed by atoms with Crippen LogP contribution in [0.15, 0.2) is 22.7 Å². The van der Waals surface area contributed by atoms with Gasteiger partial charge >= 0.3 is 0 Å². The summed E-state index contributed by atoms with van der Waals surface area (Å²) in [5, 5.41) is -0.486. The summed E-state index contributed by atoms with van der Waals surface area (Å²) in [6.45, 7) is 2.37. The quantitative estimate of drug-likeness (QED) is 0.754. The number of halogens is 1. The SMILES string of the molecule is CCS(=O)(=O)C1CSCCN1c1ccc(C=O)c(Br)c1. The number of carbonyl (C=O) groups is 1. The van der Waals surface area contributed by atoms with Gasteiger partial charge in [-0.15, -0.1) is 0 Å². The fourth-order valence-corrected chi connectivity index (χ4v) is 5.61. The number of hydrogen-bond acceptors (Lipinski definition) is 5. The Morgan fingerprint density at radius 2 is 2.25 bits per heavy atom. The number of carbonyl (C=O) groups excluding carboxylic acids is 1. The van der Waals surface area contributed by atoms with Crippen molar-refractivity contribution < 1.29 is 13.2 Å². The Morgan fingerprint density at radius 1 is 1.50 bits per heavy atom. The first-order valence-electron chi connectivity index (χ1n) is 6.30. The van der Waals surface area contributed by atoms with Gasteiger partial charge in [0.05, 0.1) is 0 Å². The molecule has 7 heteroatoms. The van der Waals surface area contributed by atoms with Gasteiger partial charge in [0, 0.05) is 39.5 Å². The molecule has 0 bridgehead atoms. The van der Waals surface area contributed by atoms with Gasteiger partial charge in [0.2, 0.25) is 0 Å². The van der Waals surface area contributed by atoms with Crippen molar-refractivity contribution in [2.75, 3.05) is 28.7 Å². The predicted molar refractivity (Wildman–Crippen MR) is 87.4 cm³/mol. The van der Waals surface area contributed by atoms with Crippen LogP contribution in [0.2, 0.25) is 0 Å². The minimum atomic E-state index is -3.13. The summed E-state index contributed by atoms with van der Waals surface area (Å²) in [4.78, 5) is 12.8. The fraction of sp³-hybridized carbons (Fsp3) is 0.462. The normalized spacial score (nSPS) is 19.9. The maximum absolute atomic E-state index is 12.2. The highest BCUT2D eigenvalue weighted by Gasteiger charge is 2.33. The first kappa shape index (κ1) is 15.9. The summed E-state index contributed by atoms with van der Waals surface area (Å²) >= 11 is 5.02. The van der Waals surface area contributed by atoms with Crippen LogP contribution in [-0.2, 0) is 9.84 Å². The average Bonchev–Trinajstić information content (AvgIpc) is 2.47. The minimum Gasteiger partial charge on any atom is -0.353 e. The molecule has 20 heavy (non-hydrogen) atoms. The summed E-state index contributed by atoms with van der Waals surface area (Å²) in [7, 11) is -3.13. The molecule has 110 valence electrons. The molecule has 1 aliphatic rings. The Balaban J connectivity index is 2.38. The molecule has 1 aromatic rings. The third-order valence-electron chi connectivity index (χ3n) is 3.34. The number of sulfone groups is 1. The van der Waals surface area contributed by atoms with Crippen LogP contribution in [0.1, 0.15) is 17.3 Å². The largest absolute Gasteiger partial charge is 0.353 e. The minimum absolute atomic E-state index is 0.141. The number of hydrogen-bond donors (Lipinski definition) is 0. The smallest absolute Gasteiger partial charge is 0.171 e. The van der Waals surface area contributed by atoms with Gasteiger partial charge in [-0.05, 0) is 34.1 Å². The Kier molecular flexibility index (Phi) is 5.14. The van der Waals surface area contributed by atoms with E-state index in [0.717, 1.165) is 17.7 Å². The van der Waals surface area contributed by atoms with Crippen molar-refractivity contribution in [1.29, 1.82) is 0 Å². The molecule has 1 saturated heterocycles. The number of nitrogens with zero attached hydrogens (tertiary/aromatic N) is 1. The standard InChI is InChI=1S/C13H16BrNO3S2/c1-2-20(17,18)13-9-19-6-5-15(13)11-4-3-10(8-16)12(14)7-11/h3-4,7-8,13H,2,5-6,9H2,1H3. The molecule has 0 aromatic heterocycles. The van der Waals surface area contributed by atoms with Crippen molar-refractivity contribution in [3.05, 3.63) is 28.2 Å². The summed E-state index contributed by atoms with van der Waals surface area (Å²) in [6, 6.07) is 5.34. The molecule has 1 heterocycles. The Bertz CT molecular complexity index is 604. The maximum Gasteiger partial charge on any atom is 0.171 e. The molecule has 1 atom stereocenters. The second-order valence-corrected chi connectivity index (χ2v) is 8.95. The lowest BCUT2D eigenvalue weighted by atomic mass is 10.2. The molecule has 0 saturated carbocycles. The van der Waals surface area contributed by atoms with Crippen LogP contribution in [0.3, 0.4) is 0 Å². The molecule has 0 amide bonds. The summed E-state index contributed by atoms with van der Waals surface area (Å²) in [5.74, 6) is 1.63. The zero-order chi connectivity index (χ0) is 14.8. The predicted octanol–water partition coefficient (Wildman–Crippen LogP) is 2.58. The average molecular weight is 378 g/mol. The van der Waals surface area contributed by atoms with E-state index < -0.39 is 15.2 Å². The van der Waals surface area contributed by atoms with E-state index in [1.165, 1.54) is 0 Å². The van der Waals surface area contributed by atoms with E-state index in [1.54, 1.807) is 24.8 Å². The Morgan fingerprint density at radius 3 is 2.85 bits per heavy atom. The molecule has 2 rings (SSSR count). The first-order valence-corrected chi connectivity index (χ1v) is 9.96. The molecule has 1 aliphatic heterocycles. The summed E-state index contributed by atoms with van der Waals surface area (Å²) < 4.78 is 25.1. The maximum atomic E-state index is 12.2. The Labute approximate surface area is 132 Å². The zero-order valence-electron chi connectivity index (χ0n) is 11.1. The van der Waals surface area contributed by atoms with E-state index in [9.17, 15) is 13.2 Å². The third-order valence-corrected chi connectivity index (χ3v) is 7.32. The van der Waals surface area contributed by atoms with Gasteiger partial charge in [-0.2, -0.15) is 11.8 Å². The zero-order valence-corrected chi connectivity index (χ0v) is 14.3. The Hall–Kier alpha value is -0.530. The topological polar surface area (TPSA) is 54.5 Å². The van der Waals surface area contributed by atoms with Crippen molar-refractivity contribution in [2.24, 2.45) is 0 Å². The van der Waals surface area contributed by atoms with Crippen molar-refractivity contribution in [3.8, 4) is 0 Å². The highest BCUT2D eigenvalue weighted by Crippen LogP contribution is 2.30. The monoisotopic (exact) mass is 377 g/mol. The van der Waals surface area contributed by atoms with Gasteiger partial charge in [-0.25, -0.2) is 8.42 Å². The van der Waals surface area contributed by atoms with E-state index in [1.807, 2.05) is 17.0 Å². The van der Waals surface area contributed by atoms with Crippen molar-refractivity contribution in [1.82, 2.24) is 0 Å². The lowest BCUT2D eigenvalue weighted by Gasteiger charge is -2.36. The van der Waals surface area contributed by atoms with Crippen LogP contribution in [0.25, 0.3) is 0 Å². The third kappa shape index (κ3) is 3.20. The van der Waals surface area contributed by atoms with E-state index in [0.29, 0.717) is 22.3 Å². The van der Waals surface area contributed by atoms with Crippen molar-refractivity contribution in [3.63, 3.8) is 0 Å². The molecule has 1 unspecified atom stereocenters. The van der Waals surface area contributed by atoms with Crippen LogP contribution >= 0.6 is 27.7 Å². The van der Waals surface area contributed by atoms with E-state index in [2.05, 4.69) is 15.9 Å². The van der Waals surface area contributed by atoms with E-state index >= 15 is 0 Å². The van der Waals surface area contributed by atoms with Crippen LogP contribution in [-0.4, -0.2) is 43.9 Å². The van der Waals surface area contributed by atoms with Crippen molar-refractivity contribution in [2.45, 2.75) is 12.3 Å². The van der Waals surface area contributed by atoms with Gasteiger partial charge in [-0.1, -0.05) is 6.92 Å². The molecule has 1 fully saturated rings. The molecular formula is C13H16BrNO3S2. The van der Waals surface area contributed by atoms with Crippen LogP contribution < -0.4 is 4.90 Å². The number of thioether (sulfide) groups is 1. The second-order valence-electron chi connectivity index (χ2n) is 4.50. The molecule has 0 N–H and O–H groups in total. The van der Waals surface area contributed by atoms with E-state index in [4.69, 9.17) is 0 Å². The van der Waals surface area contributed by atoms with Crippen LogP contribution in [0.5, 0.6) is 0 Å². The van der Waals surface area contributed by atoms with E-state index in [-0.39, 0.29) is 5.75 Å².